The summed E-state index contributed by atoms with van der Waals surface area (Å²) in [5, 5.41) is 28.7. The van der Waals surface area contributed by atoms with Gasteiger partial charge in [-0.2, -0.15) is 0 Å². The topological polar surface area (TPSA) is 165 Å². The fourth-order valence-electron chi connectivity index (χ4n) is 7.01. The molecule has 0 unspecified atom stereocenters. The van der Waals surface area contributed by atoms with E-state index in [-0.39, 0.29) is 50.0 Å². The minimum Gasteiger partial charge on any atom is -0.497 e. The van der Waals surface area contributed by atoms with E-state index in [0.717, 1.165) is 6.42 Å². The highest BCUT2D eigenvalue weighted by atomic mass is 16.6. The number of amides is 3. The maximum absolute atomic E-state index is 13.1. The normalized spacial score (nSPS) is 32.9. The molecule has 3 N–H and O–H groups in total. The van der Waals surface area contributed by atoms with Crippen LogP contribution < -0.4 is 14.8 Å². The highest BCUT2D eigenvalue weighted by Crippen LogP contribution is 2.49. The number of benzene rings is 1. The van der Waals surface area contributed by atoms with Crippen molar-refractivity contribution in [2.24, 2.45) is 28.8 Å². The Morgan fingerprint density at radius 3 is 2.52 bits per heavy atom. The van der Waals surface area contributed by atoms with E-state index >= 15 is 0 Å². The molecule has 9 atom stereocenters. The lowest BCUT2D eigenvalue weighted by Crippen LogP contribution is -2.54. The average molecular weight is 644 g/mol. The molecular formula is C33H45N3O10. The molecule has 1 aromatic carbocycles. The number of nitrogens with zero attached hydrogens (tertiary/aromatic N) is 2. The van der Waals surface area contributed by atoms with E-state index in [1.54, 1.807) is 38.3 Å². The number of carbonyl (C=O) groups is 3. The molecule has 1 aromatic rings. The number of likely N-dealkylation sites (tertiary alicyclic amines) is 1. The van der Waals surface area contributed by atoms with Crippen LogP contribution in [0.3, 0.4) is 0 Å². The van der Waals surface area contributed by atoms with Crippen molar-refractivity contribution in [1.29, 1.82) is 0 Å². The molecule has 2 aliphatic heterocycles. The summed E-state index contributed by atoms with van der Waals surface area (Å²) >= 11 is 0. The van der Waals surface area contributed by atoms with E-state index in [2.05, 4.69) is 10.5 Å². The van der Waals surface area contributed by atoms with Crippen LogP contribution in [-0.2, 0) is 23.9 Å². The first-order valence-corrected chi connectivity index (χ1v) is 16.2. The monoisotopic (exact) mass is 643 g/mol. The van der Waals surface area contributed by atoms with Gasteiger partial charge in [0.05, 0.1) is 43.0 Å². The van der Waals surface area contributed by atoms with Crippen molar-refractivity contribution in [3.8, 4) is 11.5 Å². The van der Waals surface area contributed by atoms with Gasteiger partial charge in [0.15, 0.2) is 0 Å². The summed E-state index contributed by atoms with van der Waals surface area (Å²) in [6, 6.07) is 7.16. The number of carbonyl (C=O) groups excluding carboxylic acids is 3. The summed E-state index contributed by atoms with van der Waals surface area (Å²) in [5.74, 6) is -1.17. The van der Waals surface area contributed by atoms with E-state index in [9.17, 15) is 24.6 Å². The highest BCUT2D eigenvalue weighted by molar-refractivity contribution is 6.06. The molecule has 13 heteroatoms. The molecule has 2 heterocycles. The number of rotatable bonds is 12. The molecule has 5 rings (SSSR count). The zero-order chi connectivity index (χ0) is 32.8. The van der Waals surface area contributed by atoms with Crippen LogP contribution in [0, 0.1) is 23.7 Å². The van der Waals surface area contributed by atoms with Crippen LogP contribution >= 0.6 is 0 Å². The summed E-state index contributed by atoms with van der Waals surface area (Å²) < 4.78 is 23.0. The van der Waals surface area contributed by atoms with Crippen LogP contribution in [0.4, 0.5) is 4.79 Å². The van der Waals surface area contributed by atoms with E-state index in [1.165, 1.54) is 4.90 Å². The maximum Gasteiger partial charge on any atom is 0.407 e. The zero-order valence-corrected chi connectivity index (χ0v) is 26.6. The van der Waals surface area contributed by atoms with Gasteiger partial charge in [-0.15, -0.1) is 0 Å². The minimum atomic E-state index is -1.12. The third kappa shape index (κ3) is 7.31. The van der Waals surface area contributed by atoms with Gasteiger partial charge >= 0.3 is 6.09 Å². The van der Waals surface area contributed by atoms with Crippen molar-refractivity contribution in [3.63, 3.8) is 0 Å². The van der Waals surface area contributed by atoms with Gasteiger partial charge in [-0.25, -0.2) is 4.79 Å². The Labute approximate surface area is 268 Å². The lowest BCUT2D eigenvalue weighted by atomic mass is 9.60. The summed E-state index contributed by atoms with van der Waals surface area (Å²) in [6.45, 7) is 4.67. The van der Waals surface area contributed by atoms with Crippen LogP contribution in [0.25, 0.3) is 0 Å². The molecule has 0 bridgehead atoms. The number of methoxy groups -OCH3 is 1. The number of hydrogen-bond acceptors (Lipinski definition) is 11. The molecule has 252 valence electrons. The van der Waals surface area contributed by atoms with Gasteiger partial charge in [0.25, 0.3) is 0 Å². The Morgan fingerprint density at radius 2 is 1.80 bits per heavy atom. The summed E-state index contributed by atoms with van der Waals surface area (Å²) in [5.41, 5.74) is 0.592. The molecular weight excluding hydrogens is 598 g/mol. The number of imide groups is 1. The first-order valence-electron chi connectivity index (χ1n) is 16.2. The summed E-state index contributed by atoms with van der Waals surface area (Å²) in [6.07, 6.45) is 1.97. The second-order valence-corrected chi connectivity index (χ2v) is 12.2. The van der Waals surface area contributed by atoms with Gasteiger partial charge in [0, 0.05) is 37.8 Å². The maximum atomic E-state index is 13.1. The predicted octanol–water partition coefficient (Wildman–Crippen LogP) is 2.44. The van der Waals surface area contributed by atoms with Crippen molar-refractivity contribution < 1.29 is 48.4 Å². The molecule has 0 radical (unpaired) electrons. The quantitative estimate of drug-likeness (QED) is 0.133. The van der Waals surface area contributed by atoms with E-state index in [0.29, 0.717) is 43.0 Å². The van der Waals surface area contributed by atoms with E-state index in [1.807, 2.05) is 19.1 Å². The second-order valence-electron chi connectivity index (χ2n) is 12.2. The number of oxime groups is 1. The predicted molar refractivity (Wildman–Crippen MR) is 165 cm³/mol. The molecule has 2 aliphatic carbocycles. The van der Waals surface area contributed by atoms with Gasteiger partial charge in [0.2, 0.25) is 11.8 Å². The Hall–Kier alpha value is -3.68. The van der Waals surface area contributed by atoms with Crippen molar-refractivity contribution in [1.82, 2.24) is 10.2 Å². The third-order valence-electron chi connectivity index (χ3n) is 9.32. The fraction of sp³-hybridized carbons (Fsp3) is 0.636. The first kappa shape index (κ1) is 33.7. The van der Waals surface area contributed by atoms with Gasteiger partial charge in [-0.1, -0.05) is 18.2 Å². The van der Waals surface area contributed by atoms with Crippen LogP contribution in [0.2, 0.25) is 0 Å². The van der Waals surface area contributed by atoms with Crippen LogP contribution in [-0.4, -0.2) is 103 Å². The Kier molecular flexibility index (Phi) is 11.2. The molecule has 2 saturated carbocycles. The van der Waals surface area contributed by atoms with Crippen molar-refractivity contribution in [2.75, 3.05) is 33.4 Å². The SMILES string of the molecule is CCCNC(=O)OC[C@H]1O[C@H](CCON=C2C[C@@H](O)[C@@H](O)[C@@H]3[C@@H]4C(=O)N(CC)C(=O)[C@@H]4CC[C@@H]23)C=C[C@@H]1Oc1ccc(OC)cc1. The number of fused-ring (bicyclic) bond motifs is 3. The number of hydrogen-bond donors (Lipinski definition) is 3. The largest absolute Gasteiger partial charge is 0.497 e. The molecule has 0 spiro atoms. The minimum absolute atomic E-state index is 0.0253. The number of alkyl carbamates (subject to hydrolysis) is 1. The summed E-state index contributed by atoms with van der Waals surface area (Å²) in [4.78, 5) is 45.0. The van der Waals surface area contributed by atoms with Crippen molar-refractivity contribution >= 4 is 23.6 Å². The van der Waals surface area contributed by atoms with E-state index < -0.39 is 48.3 Å². The number of nitrogens with one attached hydrogen (secondary N) is 1. The van der Waals surface area contributed by atoms with Gasteiger partial charge in [-0.3, -0.25) is 14.5 Å². The standard InChI is InChI=1S/C33H45N3O10/c1-4-15-34-33(41)43-18-27-26(45-20-8-6-19(42-3)7-9-20)13-10-21(46-27)14-16-44-35-24-17-25(37)30(38)28-22(24)11-12-23-29(28)32(40)36(5-2)31(23)39/h6-10,13,21-23,25-30,37-38H,4-5,11-12,14-18H2,1-3H3,(H,34,41)/t21-,22-,23+,25+,26-,27+,28-,29+,30+/m0/s1. The zero-order valence-electron chi connectivity index (χ0n) is 26.6. The smallest absolute Gasteiger partial charge is 0.407 e. The van der Waals surface area contributed by atoms with Crippen LogP contribution in [0.5, 0.6) is 11.5 Å². The second kappa shape index (κ2) is 15.3. The van der Waals surface area contributed by atoms with Gasteiger partial charge < -0.3 is 39.3 Å². The molecule has 46 heavy (non-hydrogen) atoms. The average Bonchev–Trinajstić information content (AvgIpc) is 3.32. The van der Waals surface area contributed by atoms with Gasteiger partial charge in [-0.05, 0) is 56.5 Å². The van der Waals surface area contributed by atoms with Gasteiger partial charge in [0.1, 0.15) is 36.9 Å². The summed E-state index contributed by atoms with van der Waals surface area (Å²) in [7, 11) is 1.59. The lowest BCUT2D eigenvalue weighted by Gasteiger charge is -2.45. The fourth-order valence-corrected chi connectivity index (χ4v) is 7.01. The molecule has 13 nitrogen and oxygen atoms in total. The Balaban J connectivity index is 1.20. The van der Waals surface area contributed by atoms with E-state index in [4.69, 9.17) is 23.8 Å². The highest BCUT2D eigenvalue weighted by Gasteiger charge is 2.59. The molecule has 4 aliphatic rings. The number of ether oxygens (including phenoxy) is 4. The lowest BCUT2D eigenvalue weighted by molar-refractivity contribution is -0.141. The molecule has 3 amide bonds. The Morgan fingerprint density at radius 1 is 1.07 bits per heavy atom. The Bertz CT molecular complexity index is 1290. The van der Waals surface area contributed by atoms with Crippen LogP contribution in [0.1, 0.15) is 46.0 Å². The first-order chi connectivity index (χ1) is 22.2. The molecule has 0 aromatic heterocycles. The number of aliphatic hydroxyl groups excluding tert-OH is 2. The number of aliphatic hydroxyl groups is 2. The third-order valence-corrected chi connectivity index (χ3v) is 9.32. The van der Waals surface area contributed by atoms with Crippen LogP contribution in [0.15, 0.2) is 41.6 Å². The van der Waals surface area contributed by atoms with Crippen molar-refractivity contribution in [3.05, 3.63) is 36.4 Å². The molecule has 1 saturated heterocycles. The van der Waals surface area contributed by atoms with Crippen molar-refractivity contribution in [2.45, 2.75) is 76.5 Å². The molecule has 3 fully saturated rings.